The molecule has 94 valence electrons. The van der Waals surface area contributed by atoms with Crippen molar-refractivity contribution in [1.29, 1.82) is 0 Å². The highest BCUT2D eigenvalue weighted by molar-refractivity contribution is 7.09. The molecule has 0 spiro atoms. The van der Waals surface area contributed by atoms with Gasteiger partial charge in [0, 0.05) is 17.1 Å². The van der Waals surface area contributed by atoms with Gasteiger partial charge >= 0.3 is 0 Å². The topological polar surface area (TPSA) is 62.0 Å². The highest BCUT2D eigenvalue weighted by Gasteiger charge is 2.09. The minimum atomic E-state index is -0.344. The number of hydrogen-bond acceptors (Lipinski definition) is 3. The Balaban J connectivity index is 1.93. The lowest BCUT2D eigenvalue weighted by Crippen LogP contribution is -2.31. The maximum absolute atomic E-state index is 11.8. The molecule has 0 saturated heterocycles. The van der Waals surface area contributed by atoms with E-state index in [0.29, 0.717) is 6.54 Å². The number of hydrogen-bond donors (Lipinski definition) is 2. The van der Waals surface area contributed by atoms with Gasteiger partial charge in [-0.1, -0.05) is 6.07 Å². The molecule has 5 heteroatoms. The molecule has 0 aliphatic heterocycles. The Morgan fingerprint density at radius 2 is 2.22 bits per heavy atom. The number of carbonyl (C=O) groups excluding carboxylic acids is 1. The summed E-state index contributed by atoms with van der Waals surface area (Å²) in [5.41, 5.74) is 0.561. The van der Waals surface area contributed by atoms with Crippen LogP contribution < -0.4 is 10.9 Å². The Bertz CT molecular complexity index is 587. The molecule has 0 aliphatic carbocycles. The fourth-order valence-corrected chi connectivity index (χ4v) is 2.31. The fraction of sp³-hybridized carbons (Fsp3) is 0.231. The molecule has 2 heterocycles. The number of aryl methyl sites for hydroxylation is 1. The van der Waals surface area contributed by atoms with Gasteiger partial charge in [0.15, 0.2) is 0 Å². The van der Waals surface area contributed by atoms with Crippen LogP contribution in [-0.2, 0) is 6.42 Å². The first-order valence-corrected chi connectivity index (χ1v) is 6.55. The summed E-state index contributed by atoms with van der Waals surface area (Å²) in [6, 6.07) is 7.27. The van der Waals surface area contributed by atoms with Gasteiger partial charge in [-0.3, -0.25) is 9.59 Å². The Hall–Kier alpha value is -1.88. The van der Waals surface area contributed by atoms with Gasteiger partial charge in [-0.15, -0.1) is 11.3 Å². The number of aromatic amines is 1. The third-order valence-corrected chi connectivity index (χ3v) is 3.47. The quantitative estimate of drug-likeness (QED) is 0.881. The number of rotatable bonds is 4. The molecule has 2 aromatic heterocycles. The second kappa shape index (κ2) is 5.64. The Labute approximate surface area is 109 Å². The molecular formula is C13H14N2O2S. The van der Waals surface area contributed by atoms with Crippen molar-refractivity contribution in [2.75, 3.05) is 6.54 Å². The summed E-state index contributed by atoms with van der Waals surface area (Å²) in [5.74, 6) is -0.326. The minimum absolute atomic E-state index is 0.159. The molecule has 18 heavy (non-hydrogen) atoms. The second-order valence-corrected chi connectivity index (χ2v) is 5.00. The van der Waals surface area contributed by atoms with Crippen LogP contribution in [0, 0.1) is 6.92 Å². The number of aromatic nitrogens is 1. The lowest BCUT2D eigenvalue weighted by molar-refractivity contribution is 0.0952. The van der Waals surface area contributed by atoms with Crippen LogP contribution in [0.25, 0.3) is 0 Å². The molecule has 0 radical (unpaired) electrons. The standard InChI is InChI=1S/C13H14N2O2S/c1-9-4-5-11(13(17)15-9)12(16)14-7-6-10-3-2-8-18-10/h2-5,8H,6-7H2,1H3,(H,14,16)(H,15,17). The smallest absolute Gasteiger partial charge is 0.260 e. The number of carbonyl (C=O) groups is 1. The molecule has 2 N–H and O–H groups in total. The van der Waals surface area contributed by atoms with Crippen LogP contribution in [0.3, 0.4) is 0 Å². The average Bonchev–Trinajstić information content (AvgIpc) is 2.81. The molecule has 2 rings (SSSR count). The van der Waals surface area contributed by atoms with Gasteiger partial charge in [-0.2, -0.15) is 0 Å². The van der Waals surface area contributed by atoms with Gasteiger partial charge in [-0.25, -0.2) is 0 Å². The Kier molecular flexibility index (Phi) is 3.94. The summed E-state index contributed by atoms with van der Waals surface area (Å²) in [5, 5.41) is 4.75. The fourth-order valence-electron chi connectivity index (χ4n) is 1.60. The van der Waals surface area contributed by atoms with Crippen LogP contribution in [-0.4, -0.2) is 17.4 Å². The molecule has 0 bridgehead atoms. The SMILES string of the molecule is Cc1ccc(C(=O)NCCc2cccs2)c(=O)[nH]1. The van der Waals surface area contributed by atoms with E-state index in [1.54, 1.807) is 30.4 Å². The number of thiophene rings is 1. The first-order valence-electron chi connectivity index (χ1n) is 5.67. The zero-order valence-corrected chi connectivity index (χ0v) is 10.8. The van der Waals surface area contributed by atoms with Gasteiger partial charge in [0.1, 0.15) is 5.56 Å². The van der Waals surface area contributed by atoms with E-state index in [0.717, 1.165) is 12.1 Å². The van der Waals surface area contributed by atoms with E-state index in [9.17, 15) is 9.59 Å². The van der Waals surface area contributed by atoms with Crippen molar-refractivity contribution in [3.05, 3.63) is 56.1 Å². The van der Waals surface area contributed by atoms with Crippen molar-refractivity contribution in [1.82, 2.24) is 10.3 Å². The van der Waals surface area contributed by atoms with Crippen molar-refractivity contribution in [2.45, 2.75) is 13.3 Å². The third kappa shape index (κ3) is 3.07. The van der Waals surface area contributed by atoms with Gasteiger partial charge in [-0.05, 0) is 36.9 Å². The van der Waals surface area contributed by atoms with Crippen LogP contribution in [0.4, 0.5) is 0 Å². The van der Waals surface area contributed by atoms with Gasteiger partial charge in [0.05, 0.1) is 0 Å². The van der Waals surface area contributed by atoms with Crippen molar-refractivity contribution in [3.63, 3.8) is 0 Å². The lowest BCUT2D eigenvalue weighted by atomic mass is 10.2. The second-order valence-electron chi connectivity index (χ2n) is 3.97. The number of H-pyrrole nitrogens is 1. The predicted molar refractivity (Wildman–Crippen MR) is 72.2 cm³/mol. The summed E-state index contributed by atoms with van der Waals surface area (Å²) in [7, 11) is 0. The summed E-state index contributed by atoms with van der Waals surface area (Å²) < 4.78 is 0. The number of nitrogens with one attached hydrogen (secondary N) is 2. The molecular weight excluding hydrogens is 248 g/mol. The zero-order chi connectivity index (χ0) is 13.0. The first kappa shape index (κ1) is 12.6. The van der Waals surface area contributed by atoms with Crippen LogP contribution in [0.1, 0.15) is 20.9 Å². The van der Waals surface area contributed by atoms with E-state index in [-0.39, 0.29) is 17.0 Å². The Morgan fingerprint density at radius 1 is 1.39 bits per heavy atom. The molecule has 0 aromatic carbocycles. The van der Waals surface area contributed by atoms with Crippen molar-refractivity contribution in [2.24, 2.45) is 0 Å². The summed E-state index contributed by atoms with van der Waals surface area (Å²) in [6.45, 7) is 2.31. The van der Waals surface area contributed by atoms with E-state index in [4.69, 9.17) is 0 Å². The van der Waals surface area contributed by atoms with E-state index < -0.39 is 0 Å². The van der Waals surface area contributed by atoms with Crippen molar-refractivity contribution >= 4 is 17.2 Å². The predicted octanol–water partition coefficient (Wildman–Crippen LogP) is 1.72. The highest BCUT2D eigenvalue weighted by Crippen LogP contribution is 2.08. The van der Waals surface area contributed by atoms with Crippen molar-refractivity contribution < 1.29 is 4.79 Å². The molecule has 0 atom stereocenters. The van der Waals surface area contributed by atoms with Gasteiger partial charge < -0.3 is 10.3 Å². The maximum Gasteiger partial charge on any atom is 0.260 e. The van der Waals surface area contributed by atoms with E-state index in [1.807, 2.05) is 17.5 Å². The maximum atomic E-state index is 11.8. The molecule has 0 unspecified atom stereocenters. The van der Waals surface area contributed by atoms with Gasteiger partial charge in [0.2, 0.25) is 0 Å². The molecule has 0 aliphatic rings. The van der Waals surface area contributed by atoms with Crippen LogP contribution in [0.5, 0.6) is 0 Å². The minimum Gasteiger partial charge on any atom is -0.352 e. The van der Waals surface area contributed by atoms with Crippen LogP contribution >= 0.6 is 11.3 Å². The van der Waals surface area contributed by atoms with E-state index in [1.165, 1.54) is 4.88 Å². The van der Waals surface area contributed by atoms with E-state index >= 15 is 0 Å². The van der Waals surface area contributed by atoms with Crippen molar-refractivity contribution in [3.8, 4) is 0 Å². The summed E-state index contributed by atoms with van der Waals surface area (Å²) in [6.07, 6.45) is 0.785. The lowest BCUT2D eigenvalue weighted by Gasteiger charge is -2.03. The first-order chi connectivity index (χ1) is 8.66. The summed E-state index contributed by atoms with van der Waals surface area (Å²) >= 11 is 1.66. The zero-order valence-electron chi connectivity index (χ0n) is 10.0. The van der Waals surface area contributed by atoms with Crippen LogP contribution in [0.15, 0.2) is 34.4 Å². The highest BCUT2D eigenvalue weighted by atomic mass is 32.1. The molecule has 0 fully saturated rings. The Morgan fingerprint density at radius 3 is 2.89 bits per heavy atom. The monoisotopic (exact) mass is 262 g/mol. The average molecular weight is 262 g/mol. The normalized spacial score (nSPS) is 10.3. The molecule has 0 saturated carbocycles. The number of pyridine rings is 1. The van der Waals surface area contributed by atoms with Crippen LogP contribution in [0.2, 0.25) is 0 Å². The largest absolute Gasteiger partial charge is 0.352 e. The number of amides is 1. The van der Waals surface area contributed by atoms with E-state index in [2.05, 4.69) is 10.3 Å². The summed E-state index contributed by atoms with van der Waals surface area (Å²) in [4.78, 5) is 27.2. The molecule has 2 aromatic rings. The van der Waals surface area contributed by atoms with Gasteiger partial charge in [0.25, 0.3) is 11.5 Å². The molecule has 1 amide bonds. The molecule has 4 nitrogen and oxygen atoms in total. The third-order valence-electron chi connectivity index (χ3n) is 2.54.